The van der Waals surface area contributed by atoms with E-state index >= 15 is 0 Å². The van der Waals surface area contributed by atoms with Gasteiger partial charge in [-0.1, -0.05) is 20.8 Å². The molecule has 5 nitrogen and oxygen atoms in total. The van der Waals surface area contributed by atoms with Crippen LogP contribution < -0.4 is 10.6 Å². The maximum Gasteiger partial charge on any atom is 0.191 e. The van der Waals surface area contributed by atoms with E-state index in [0.717, 1.165) is 43.4 Å². The Morgan fingerprint density at radius 2 is 2.04 bits per heavy atom. The van der Waals surface area contributed by atoms with Crippen LogP contribution in [0.1, 0.15) is 57.3 Å². The van der Waals surface area contributed by atoms with Crippen LogP contribution >= 0.6 is 11.3 Å². The van der Waals surface area contributed by atoms with Gasteiger partial charge in [0.15, 0.2) is 5.96 Å². The number of rotatable bonds is 11. The third-order valence-corrected chi connectivity index (χ3v) is 5.18. The van der Waals surface area contributed by atoms with E-state index in [2.05, 4.69) is 60.1 Å². The van der Waals surface area contributed by atoms with Crippen molar-refractivity contribution in [2.75, 3.05) is 26.2 Å². The lowest BCUT2D eigenvalue weighted by molar-refractivity contribution is 0.292. The summed E-state index contributed by atoms with van der Waals surface area (Å²) in [6.45, 7) is 15.9. The molecule has 0 saturated heterocycles. The van der Waals surface area contributed by atoms with Crippen LogP contribution in [0, 0.1) is 0 Å². The Hall–Kier alpha value is -1.14. The normalized spacial score (nSPS) is 13.3. The molecule has 1 aromatic heterocycles. The van der Waals surface area contributed by atoms with Gasteiger partial charge < -0.3 is 15.5 Å². The predicted octanol–water partition coefficient (Wildman–Crippen LogP) is 3.27. The maximum absolute atomic E-state index is 4.68. The first-order valence-electron chi connectivity index (χ1n) is 9.33. The summed E-state index contributed by atoms with van der Waals surface area (Å²) in [5.74, 6) is 0.890. The van der Waals surface area contributed by atoms with Crippen LogP contribution in [-0.2, 0) is 13.0 Å². The Morgan fingerprint density at radius 3 is 2.62 bits per heavy atom. The molecule has 0 saturated carbocycles. The van der Waals surface area contributed by atoms with Crippen LogP contribution in [0.2, 0.25) is 0 Å². The summed E-state index contributed by atoms with van der Waals surface area (Å²) in [4.78, 5) is 12.9. The first kappa shape index (κ1) is 20.9. The van der Waals surface area contributed by atoms with E-state index < -0.39 is 0 Å². The SMILES string of the molecule is CCNC(=NCc1ncc(CC)s1)NC(C)CCCN(CC)CC. The molecule has 0 aromatic carbocycles. The van der Waals surface area contributed by atoms with Gasteiger partial charge in [-0.3, -0.25) is 0 Å². The Kier molecular flexibility index (Phi) is 10.7. The molecule has 0 bridgehead atoms. The van der Waals surface area contributed by atoms with Crippen LogP contribution in [-0.4, -0.2) is 48.1 Å². The average molecular weight is 354 g/mol. The largest absolute Gasteiger partial charge is 0.357 e. The van der Waals surface area contributed by atoms with Crippen molar-refractivity contribution < 1.29 is 0 Å². The lowest BCUT2D eigenvalue weighted by atomic mass is 10.2. The van der Waals surface area contributed by atoms with E-state index in [-0.39, 0.29) is 0 Å². The lowest BCUT2D eigenvalue weighted by Crippen LogP contribution is -2.42. The third kappa shape index (κ3) is 8.11. The zero-order valence-corrected chi connectivity index (χ0v) is 16.9. The highest BCUT2D eigenvalue weighted by Crippen LogP contribution is 2.14. The van der Waals surface area contributed by atoms with Gasteiger partial charge in [-0.05, 0) is 52.7 Å². The molecule has 1 heterocycles. The standard InChI is InChI=1S/C18H35N5S/c1-6-16-13-20-17(24-16)14-21-18(19-7-2)22-15(5)11-10-12-23(8-3)9-4/h13,15H,6-12,14H2,1-5H3,(H2,19,21,22). The van der Waals surface area contributed by atoms with Gasteiger partial charge in [-0.25, -0.2) is 9.98 Å². The second-order valence-corrected chi connectivity index (χ2v) is 7.18. The second kappa shape index (κ2) is 12.3. The van der Waals surface area contributed by atoms with Crippen LogP contribution in [0.3, 0.4) is 0 Å². The van der Waals surface area contributed by atoms with Gasteiger partial charge in [0.05, 0.1) is 6.54 Å². The number of hydrogen-bond acceptors (Lipinski definition) is 4. The van der Waals surface area contributed by atoms with Crippen LogP contribution in [0.5, 0.6) is 0 Å². The van der Waals surface area contributed by atoms with Crippen molar-refractivity contribution >= 4 is 17.3 Å². The summed E-state index contributed by atoms with van der Waals surface area (Å²) < 4.78 is 0. The van der Waals surface area contributed by atoms with E-state index in [1.54, 1.807) is 11.3 Å². The molecule has 0 aliphatic carbocycles. The number of aliphatic imine (C=N–C) groups is 1. The Labute approximate surface area is 152 Å². The minimum absolute atomic E-state index is 0.417. The van der Waals surface area contributed by atoms with Crippen molar-refractivity contribution in [3.63, 3.8) is 0 Å². The van der Waals surface area contributed by atoms with Gasteiger partial charge in [0, 0.05) is 23.7 Å². The first-order valence-corrected chi connectivity index (χ1v) is 10.1. The van der Waals surface area contributed by atoms with Crippen molar-refractivity contribution in [1.29, 1.82) is 0 Å². The molecule has 0 amide bonds. The lowest BCUT2D eigenvalue weighted by Gasteiger charge is -2.21. The van der Waals surface area contributed by atoms with E-state index in [1.807, 2.05) is 6.20 Å². The fourth-order valence-electron chi connectivity index (χ4n) is 2.52. The molecular weight excluding hydrogens is 318 g/mol. The predicted molar refractivity (Wildman–Crippen MR) is 106 cm³/mol. The van der Waals surface area contributed by atoms with Gasteiger partial charge in [0.1, 0.15) is 5.01 Å². The Balaban J connectivity index is 2.44. The first-order chi connectivity index (χ1) is 11.6. The van der Waals surface area contributed by atoms with Crippen molar-refractivity contribution in [3.05, 3.63) is 16.1 Å². The molecule has 0 radical (unpaired) electrons. The van der Waals surface area contributed by atoms with Crippen molar-refractivity contribution in [1.82, 2.24) is 20.5 Å². The molecule has 24 heavy (non-hydrogen) atoms. The highest BCUT2D eigenvalue weighted by atomic mass is 32.1. The summed E-state index contributed by atoms with van der Waals surface area (Å²) >= 11 is 1.75. The number of thiazole rings is 1. The summed E-state index contributed by atoms with van der Waals surface area (Å²) in [7, 11) is 0. The maximum atomic E-state index is 4.68. The molecule has 6 heteroatoms. The topological polar surface area (TPSA) is 52.6 Å². The van der Waals surface area contributed by atoms with Gasteiger partial charge in [0.2, 0.25) is 0 Å². The zero-order valence-electron chi connectivity index (χ0n) is 16.1. The van der Waals surface area contributed by atoms with Gasteiger partial charge in [0.25, 0.3) is 0 Å². The summed E-state index contributed by atoms with van der Waals surface area (Å²) in [6, 6.07) is 0.417. The quantitative estimate of drug-likeness (QED) is 0.473. The van der Waals surface area contributed by atoms with E-state index in [1.165, 1.54) is 17.8 Å². The highest BCUT2D eigenvalue weighted by molar-refractivity contribution is 7.11. The van der Waals surface area contributed by atoms with E-state index in [0.29, 0.717) is 12.6 Å². The van der Waals surface area contributed by atoms with Crippen LogP contribution in [0.4, 0.5) is 0 Å². The minimum Gasteiger partial charge on any atom is -0.357 e. The number of nitrogens with one attached hydrogen (secondary N) is 2. The second-order valence-electron chi connectivity index (χ2n) is 5.98. The third-order valence-electron chi connectivity index (χ3n) is 4.06. The molecule has 138 valence electrons. The van der Waals surface area contributed by atoms with Crippen molar-refractivity contribution in [2.24, 2.45) is 4.99 Å². The summed E-state index contributed by atoms with van der Waals surface area (Å²) in [5.41, 5.74) is 0. The van der Waals surface area contributed by atoms with Crippen molar-refractivity contribution in [2.45, 2.75) is 66.5 Å². The number of guanidine groups is 1. The molecule has 0 spiro atoms. The monoisotopic (exact) mass is 353 g/mol. The molecule has 0 fully saturated rings. The fourth-order valence-corrected chi connectivity index (χ4v) is 3.30. The smallest absolute Gasteiger partial charge is 0.191 e. The van der Waals surface area contributed by atoms with E-state index in [9.17, 15) is 0 Å². The molecule has 1 aromatic rings. The van der Waals surface area contributed by atoms with Crippen LogP contribution in [0.15, 0.2) is 11.2 Å². The molecule has 1 unspecified atom stereocenters. The molecular formula is C18H35N5S. The Morgan fingerprint density at radius 1 is 1.29 bits per heavy atom. The fraction of sp³-hybridized carbons (Fsp3) is 0.778. The number of nitrogens with zero attached hydrogens (tertiary/aromatic N) is 3. The minimum atomic E-state index is 0.417. The van der Waals surface area contributed by atoms with Gasteiger partial charge in [-0.2, -0.15) is 0 Å². The van der Waals surface area contributed by atoms with Gasteiger partial charge >= 0.3 is 0 Å². The van der Waals surface area contributed by atoms with Crippen molar-refractivity contribution in [3.8, 4) is 0 Å². The molecule has 0 aliphatic heterocycles. The Bertz CT molecular complexity index is 468. The van der Waals surface area contributed by atoms with E-state index in [4.69, 9.17) is 0 Å². The summed E-state index contributed by atoms with van der Waals surface area (Å²) in [5, 5.41) is 7.93. The average Bonchev–Trinajstić information content (AvgIpc) is 3.05. The summed E-state index contributed by atoms with van der Waals surface area (Å²) in [6.07, 6.45) is 5.37. The van der Waals surface area contributed by atoms with Crippen LogP contribution in [0.25, 0.3) is 0 Å². The number of aryl methyl sites for hydroxylation is 1. The number of aromatic nitrogens is 1. The molecule has 1 atom stereocenters. The number of hydrogen-bond donors (Lipinski definition) is 2. The molecule has 1 rings (SSSR count). The highest BCUT2D eigenvalue weighted by Gasteiger charge is 2.07. The molecule has 2 N–H and O–H groups in total. The zero-order chi connectivity index (χ0) is 17.8. The molecule has 0 aliphatic rings. The van der Waals surface area contributed by atoms with Gasteiger partial charge in [-0.15, -0.1) is 11.3 Å².